The highest BCUT2D eigenvalue weighted by atomic mass is 35.5. The van der Waals surface area contributed by atoms with Gasteiger partial charge in [-0.3, -0.25) is 9.00 Å². The SMILES string of the molecule is CN(Cc1ccc(S(C)=O)cc1)C(=O)[C@@H](N)C(C)(C)C.Cl. The molecule has 2 atom stereocenters. The van der Waals surface area contributed by atoms with Gasteiger partial charge in [0.2, 0.25) is 5.91 Å². The van der Waals surface area contributed by atoms with Crippen molar-refractivity contribution in [1.82, 2.24) is 4.90 Å². The third-order valence-electron chi connectivity index (χ3n) is 3.25. The number of benzene rings is 1. The van der Waals surface area contributed by atoms with Crippen molar-refractivity contribution in [1.29, 1.82) is 0 Å². The number of nitrogens with zero attached hydrogens (tertiary/aromatic N) is 1. The van der Waals surface area contributed by atoms with Crippen LogP contribution >= 0.6 is 12.4 Å². The third-order valence-corrected chi connectivity index (χ3v) is 4.19. The molecule has 1 amide bonds. The number of rotatable bonds is 4. The smallest absolute Gasteiger partial charge is 0.240 e. The molecule has 0 heterocycles. The number of carbonyl (C=O) groups excluding carboxylic acids is 1. The lowest BCUT2D eigenvalue weighted by molar-refractivity contribution is -0.134. The molecular formula is C15H25ClN2O2S. The second-order valence-electron chi connectivity index (χ2n) is 6.14. The van der Waals surface area contributed by atoms with E-state index in [1.54, 1.807) is 18.2 Å². The molecule has 1 unspecified atom stereocenters. The molecule has 0 radical (unpaired) electrons. The highest BCUT2D eigenvalue weighted by Gasteiger charge is 2.29. The van der Waals surface area contributed by atoms with Crippen LogP contribution in [-0.2, 0) is 22.1 Å². The average molecular weight is 333 g/mol. The first-order chi connectivity index (χ1) is 9.12. The molecule has 1 aromatic carbocycles. The first kappa shape index (κ1) is 20.1. The van der Waals surface area contributed by atoms with E-state index < -0.39 is 16.8 Å². The van der Waals surface area contributed by atoms with Gasteiger partial charge in [0.05, 0.1) is 6.04 Å². The molecule has 2 N–H and O–H groups in total. The third kappa shape index (κ3) is 5.77. The van der Waals surface area contributed by atoms with Crippen LogP contribution in [0.3, 0.4) is 0 Å². The van der Waals surface area contributed by atoms with Gasteiger partial charge in [-0.15, -0.1) is 12.4 Å². The van der Waals surface area contributed by atoms with Crippen molar-refractivity contribution in [3.05, 3.63) is 29.8 Å². The van der Waals surface area contributed by atoms with E-state index in [9.17, 15) is 9.00 Å². The molecular weight excluding hydrogens is 308 g/mol. The standard InChI is InChI=1S/C15H24N2O2S.ClH/c1-15(2,3)13(16)14(18)17(4)10-11-6-8-12(9-7-11)20(5)19;/h6-9,13H,10,16H2,1-5H3;1H/t13-,20?;/m1./s1. The Morgan fingerprint density at radius 2 is 1.76 bits per heavy atom. The van der Waals surface area contributed by atoms with Crippen LogP contribution in [0.5, 0.6) is 0 Å². The lowest BCUT2D eigenvalue weighted by atomic mass is 9.86. The van der Waals surface area contributed by atoms with E-state index in [0.717, 1.165) is 10.5 Å². The van der Waals surface area contributed by atoms with E-state index in [-0.39, 0.29) is 23.7 Å². The van der Waals surface area contributed by atoms with Crippen molar-refractivity contribution in [3.8, 4) is 0 Å². The lowest BCUT2D eigenvalue weighted by Crippen LogP contribution is -2.48. The maximum absolute atomic E-state index is 12.2. The van der Waals surface area contributed by atoms with Gasteiger partial charge in [0.15, 0.2) is 0 Å². The summed E-state index contributed by atoms with van der Waals surface area (Å²) in [7, 11) is 0.771. The molecule has 21 heavy (non-hydrogen) atoms. The van der Waals surface area contributed by atoms with Gasteiger partial charge in [-0.2, -0.15) is 0 Å². The second kappa shape index (κ2) is 7.92. The topological polar surface area (TPSA) is 63.4 Å². The fourth-order valence-electron chi connectivity index (χ4n) is 1.75. The maximum atomic E-state index is 12.2. The van der Waals surface area contributed by atoms with Crippen LogP contribution in [0.25, 0.3) is 0 Å². The Hall–Kier alpha value is -0.910. The second-order valence-corrected chi connectivity index (χ2v) is 7.52. The number of carbonyl (C=O) groups is 1. The van der Waals surface area contributed by atoms with E-state index in [4.69, 9.17) is 5.73 Å². The van der Waals surface area contributed by atoms with Crippen LogP contribution in [0.4, 0.5) is 0 Å². The van der Waals surface area contributed by atoms with Crippen molar-refractivity contribution in [2.45, 2.75) is 38.3 Å². The first-order valence-corrected chi connectivity index (χ1v) is 8.11. The van der Waals surface area contributed by atoms with Crippen molar-refractivity contribution in [2.24, 2.45) is 11.1 Å². The molecule has 0 aliphatic rings. The molecule has 0 aromatic heterocycles. The minimum atomic E-state index is -0.978. The molecule has 0 saturated heterocycles. The van der Waals surface area contributed by atoms with Gasteiger partial charge in [0.1, 0.15) is 0 Å². The van der Waals surface area contributed by atoms with Crippen LogP contribution in [0.2, 0.25) is 0 Å². The van der Waals surface area contributed by atoms with E-state index in [0.29, 0.717) is 6.54 Å². The summed E-state index contributed by atoms with van der Waals surface area (Å²) in [6.45, 7) is 6.36. The number of halogens is 1. The first-order valence-electron chi connectivity index (χ1n) is 6.56. The Bertz CT molecular complexity index is 497. The number of likely N-dealkylation sites (N-methyl/N-ethyl adjacent to an activating group) is 1. The zero-order chi connectivity index (χ0) is 15.5. The quantitative estimate of drug-likeness (QED) is 0.919. The van der Waals surface area contributed by atoms with Gasteiger partial charge >= 0.3 is 0 Å². The maximum Gasteiger partial charge on any atom is 0.240 e. The zero-order valence-electron chi connectivity index (χ0n) is 13.3. The highest BCUT2D eigenvalue weighted by molar-refractivity contribution is 7.84. The molecule has 4 nitrogen and oxygen atoms in total. The predicted molar refractivity (Wildman–Crippen MR) is 89.9 cm³/mol. The van der Waals surface area contributed by atoms with Crippen LogP contribution in [-0.4, -0.2) is 34.4 Å². The largest absolute Gasteiger partial charge is 0.340 e. The van der Waals surface area contributed by atoms with Crippen LogP contribution in [0.15, 0.2) is 29.2 Å². The summed E-state index contributed by atoms with van der Waals surface area (Å²) in [5.74, 6) is -0.0688. The van der Waals surface area contributed by atoms with Crippen LogP contribution in [0.1, 0.15) is 26.3 Å². The molecule has 0 spiro atoms. The summed E-state index contributed by atoms with van der Waals surface area (Å²) in [6, 6.07) is 6.92. The summed E-state index contributed by atoms with van der Waals surface area (Å²) in [5, 5.41) is 0. The predicted octanol–water partition coefficient (Wildman–Crippen LogP) is 2.18. The molecule has 6 heteroatoms. The summed E-state index contributed by atoms with van der Waals surface area (Å²) >= 11 is 0. The van der Waals surface area contributed by atoms with Gasteiger partial charge in [-0.25, -0.2) is 0 Å². The highest BCUT2D eigenvalue weighted by Crippen LogP contribution is 2.19. The van der Waals surface area contributed by atoms with Gasteiger partial charge in [0.25, 0.3) is 0 Å². The Morgan fingerprint density at radius 1 is 1.29 bits per heavy atom. The molecule has 0 aliphatic heterocycles. The fourth-order valence-corrected chi connectivity index (χ4v) is 2.27. The molecule has 0 fully saturated rings. The molecule has 1 rings (SSSR count). The monoisotopic (exact) mass is 332 g/mol. The van der Waals surface area contributed by atoms with E-state index in [1.807, 2.05) is 45.0 Å². The molecule has 0 saturated carbocycles. The lowest BCUT2D eigenvalue weighted by Gasteiger charge is -2.30. The molecule has 0 aliphatic carbocycles. The normalized spacial score (nSPS) is 14.0. The van der Waals surface area contributed by atoms with Gasteiger partial charge in [-0.05, 0) is 23.1 Å². The van der Waals surface area contributed by atoms with Crippen molar-refractivity contribution in [2.75, 3.05) is 13.3 Å². The van der Waals surface area contributed by atoms with Crippen molar-refractivity contribution < 1.29 is 9.00 Å². The molecule has 1 aromatic rings. The number of nitrogens with two attached hydrogens (primary N) is 1. The summed E-state index contributed by atoms with van der Waals surface area (Å²) < 4.78 is 11.3. The van der Waals surface area contributed by atoms with Gasteiger partial charge in [0, 0.05) is 35.5 Å². The number of hydrogen-bond donors (Lipinski definition) is 1. The number of amides is 1. The van der Waals surface area contributed by atoms with E-state index in [2.05, 4.69) is 0 Å². The van der Waals surface area contributed by atoms with Crippen molar-refractivity contribution in [3.63, 3.8) is 0 Å². The van der Waals surface area contributed by atoms with Gasteiger partial charge < -0.3 is 10.6 Å². The van der Waals surface area contributed by atoms with Crippen LogP contribution < -0.4 is 5.73 Å². The summed E-state index contributed by atoms with van der Waals surface area (Å²) in [6.07, 6.45) is 1.65. The molecule has 120 valence electrons. The van der Waals surface area contributed by atoms with Gasteiger partial charge in [-0.1, -0.05) is 32.9 Å². The Morgan fingerprint density at radius 3 is 2.14 bits per heavy atom. The Labute approximate surface area is 136 Å². The Balaban J connectivity index is 0.00000400. The minimum Gasteiger partial charge on any atom is -0.340 e. The van der Waals surface area contributed by atoms with E-state index >= 15 is 0 Å². The molecule has 0 bridgehead atoms. The Kier molecular flexibility index (Phi) is 7.57. The summed E-state index contributed by atoms with van der Waals surface area (Å²) in [5.41, 5.74) is 6.72. The minimum absolute atomic E-state index is 0. The van der Waals surface area contributed by atoms with Crippen LogP contribution in [0, 0.1) is 5.41 Å². The number of hydrogen-bond acceptors (Lipinski definition) is 3. The summed E-state index contributed by atoms with van der Waals surface area (Å²) in [4.78, 5) is 14.6. The fraction of sp³-hybridized carbons (Fsp3) is 0.533. The zero-order valence-corrected chi connectivity index (χ0v) is 14.9. The van der Waals surface area contributed by atoms with E-state index in [1.165, 1.54) is 0 Å². The average Bonchev–Trinajstić information content (AvgIpc) is 2.36. The van der Waals surface area contributed by atoms with Crippen molar-refractivity contribution >= 4 is 29.1 Å².